The Morgan fingerprint density at radius 1 is 0.963 bits per heavy atom. The maximum Gasteiger partial charge on any atom is 0.158 e. The molecule has 1 heterocycles. The second-order valence-corrected chi connectivity index (χ2v) is 12.0. The molecular formula is C26H46N+. The lowest BCUT2D eigenvalue weighted by Crippen LogP contribution is -2.52. The van der Waals surface area contributed by atoms with Gasteiger partial charge in [0.05, 0.1) is 5.41 Å². The maximum absolute atomic E-state index is 2.73. The van der Waals surface area contributed by atoms with Crippen LogP contribution in [0.25, 0.3) is 0 Å². The van der Waals surface area contributed by atoms with Gasteiger partial charge in [0.15, 0.2) is 5.71 Å². The molecule has 0 aromatic heterocycles. The highest BCUT2D eigenvalue weighted by Gasteiger charge is 2.62. The molecule has 1 aliphatic heterocycles. The Balaban J connectivity index is 1.49. The Labute approximate surface area is 169 Å². The monoisotopic (exact) mass is 372 g/mol. The van der Waals surface area contributed by atoms with Crippen molar-refractivity contribution in [3.63, 3.8) is 0 Å². The summed E-state index contributed by atoms with van der Waals surface area (Å²) in [6.45, 7) is 14.1. The summed E-state index contributed by atoms with van der Waals surface area (Å²) in [6.07, 6.45) is 14.8. The first-order valence-electron chi connectivity index (χ1n) is 12.3. The van der Waals surface area contributed by atoms with Crippen molar-refractivity contribution in [1.29, 1.82) is 0 Å². The Morgan fingerprint density at radius 2 is 1.74 bits per heavy atom. The molecule has 0 radical (unpaired) electrons. The molecule has 3 saturated carbocycles. The highest BCUT2D eigenvalue weighted by molar-refractivity contribution is 5.87. The van der Waals surface area contributed by atoms with E-state index in [9.17, 15) is 0 Å². The van der Waals surface area contributed by atoms with Crippen LogP contribution in [-0.4, -0.2) is 23.9 Å². The van der Waals surface area contributed by atoms with Crippen molar-refractivity contribution in [2.24, 2.45) is 46.3 Å². The lowest BCUT2D eigenvalue weighted by Gasteiger charge is -2.55. The second-order valence-electron chi connectivity index (χ2n) is 12.0. The zero-order valence-corrected chi connectivity index (χ0v) is 19.2. The van der Waals surface area contributed by atoms with Gasteiger partial charge in [-0.1, -0.05) is 47.0 Å². The molecule has 1 heteroatoms. The highest BCUT2D eigenvalue weighted by atomic mass is 15.0. The first-order valence-corrected chi connectivity index (χ1v) is 12.3. The van der Waals surface area contributed by atoms with Gasteiger partial charge in [-0.2, -0.15) is 0 Å². The zero-order chi connectivity index (χ0) is 19.4. The average Bonchev–Trinajstić information content (AvgIpc) is 3.11. The Hall–Kier alpha value is -0.330. The van der Waals surface area contributed by atoms with Crippen LogP contribution < -0.4 is 0 Å². The molecule has 0 saturated heterocycles. The zero-order valence-electron chi connectivity index (χ0n) is 19.2. The van der Waals surface area contributed by atoms with Crippen molar-refractivity contribution in [2.45, 2.75) is 98.8 Å². The molecule has 4 rings (SSSR count). The summed E-state index contributed by atoms with van der Waals surface area (Å²) >= 11 is 0. The fourth-order valence-corrected chi connectivity index (χ4v) is 8.80. The van der Waals surface area contributed by atoms with Crippen LogP contribution in [0.3, 0.4) is 0 Å². The number of hydrogen-bond donors (Lipinski definition) is 0. The summed E-state index contributed by atoms with van der Waals surface area (Å²) < 4.78 is 2.62. The minimum absolute atomic E-state index is 0.542. The van der Waals surface area contributed by atoms with E-state index in [4.69, 9.17) is 0 Å². The molecule has 1 nitrogen and oxygen atoms in total. The van der Waals surface area contributed by atoms with Crippen molar-refractivity contribution >= 4 is 5.71 Å². The lowest BCUT2D eigenvalue weighted by molar-refractivity contribution is -0.490. The van der Waals surface area contributed by atoms with Crippen molar-refractivity contribution in [1.82, 2.24) is 0 Å². The number of hydrogen-bond acceptors (Lipinski definition) is 0. The van der Waals surface area contributed by atoms with Crippen LogP contribution in [-0.2, 0) is 0 Å². The SMILES string of the molecule is CC(C)CCC[C@@H](C)[C@H]1CC[C@H]2[C@@H]3CCC4=[N+](C)CC[C@]4(C)[C@H]3CC[C@]12C. The Morgan fingerprint density at radius 3 is 2.48 bits per heavy atom. The third kappa shape index (κ3) is 3.14. The lowest BCUT2D eigenvalue weighted by atomic mass is 9.48. The standard InChI is InChI=1S/C26H46N/c1-18(2)8-7-9-19(3)21-11-12-22-20-10-13-24-26(5,16-17-27(24)6)23(20)14-15-25(21,22)4/h18-23H,7-17H2,1-6H3/q+1/t19-,20+,21-,22+,23+,25-,26-/m1/s1. The molecule has 0 bridgehead atoms. The van der Waals surface area contributed by atoms with Crippen LogP contribution in [0.4, 0.5) is 0 Å². The maximum atomic E-state index is 2.73. The Bertz CT molecular complexity index is 589. The topological polar surface area (TPSA) is 3.01 Å². The minimum atomic E-state index is 0.542. The molecule has 7 atom stereocenters. The molecule has 154 valence electrons. The van der Waals surface area contributed by atoms with Crippen LogP contribution in [0.15, 0.2) is 0 Å². The summed E-state index contributed by atoms with van der Waals surface area (Å²) in [6, 6.07) is 0. The van der Waals surface area contributed by atoms with E-state index in [-0.39, 0.29) is 0 Å². The summed E-state index contributed by atoms with van der Waals surface area (Å²) in [5.74, 6) is 5.85. The van der Waals surface area contributed by atoms with Gasteiger partial charge in [-0.15, -0.1) is 0 Å². The molecule has 0 N–H and O–H groups in total. The Kier molecular flexibility index (Phi) is 5.30. The van der Waals surface area contributed by atoms with E-state index in [0.717, 1.165) is 35.5 Å². The summed E-state index contributed by atoms with van der Waals surface area (Å²) in [5, 5.41) is 0. The van der Waals surface area contributed by atoms with Crippen molar-refractivity contribution in [2.75, 3.05) is 13.6 Å². The van der Waals surface area contributed by atoms with E-state index in [1.807, 2.05) is 5.71 Å². The van der Waals surface area contributed by atoms with Gasteiger partial charge in [0.2, 0.25) is 0 Å². The quantitative estimate of drug-likeness (QED) is 0.467. The van der Waals surface area contributed by atoms with E-state index >= 15 is 0 Å². The third-order valence-corrected chi connectivity index (χ3v) is 10.3. The number of fused-ring (bicyclic) bond motifs is 5. The van der Waals surface area contributed by atoms with E-state index in [0.29, 0.717) is 10.8 Å². The van der Waals surface area contributed by atoms with Crippen LogP contribution >= 0.6 is 0 Å². The van der Waals surface area contributed by atoms with Crippen LogP contribution in [0.2, 0.25) is 0 Å². The molecule has 3 aliphatic carbocycles. The van der Waals surface area contributed by atoms with Crippen LogP contribution in [0.5, 0.6) is 0 Å². The number of nitrogens with zero attached hydrogens (tertiary/aromatic N) is 1. The molecule has 0 spiro atoms. The van der Waals surface area contributed by atoms with Gasteiger partial charge >= 0.3 is 0 Å². The molecule has 0 aromatic carbocycles. The van der Waals surface area contributed by atoms with E-state index in [1.54, 1.807) is 0 Å². The average molecular weight is 373 g/mol. The van der Waals surface area contributed by atoms with Crippen LogP contribution in [0.1, 0.15) is 98.8 Å². The molecule has 3 fully saturated rings. The fraction of sp³-hybridized carbons (Fsp3) is 0.962. The molecule has 4 aliphatic rings. The first kappa shape index (κ1) is 20.0. The van der Waals surface area contributed by atoms with Crippen molar-refractivity contribution < 1.29 is 4.58 Å². The molecule has 0 amide bonds. The van der Waals surface area contributed by atoms with Gasteiger partial charge in [0.25, 0.3) is 0 Å². The molecule has 0 unspecified atom stereocenters. The van der Waals surface area contributed by atoms with Crippen molar-refractivity contribution in [3.05, 3.63) is 0 Å². The van der Waals surface area contributed by atoms with Gasteiger partial charge in [-0.3, -0.25) is 0 Å². The van der Waals surface area contributed by atoms with Crippen molar-refractivity contribution in [3.8, 4) is 0 Å². The smallest absolute Gasteiger partial charge is 0.158 e. The predicted octanol–water partition coefficient (Wildman–Crippen LogP) is 6.79. The van der Waals surface area contributed by atoms with Gasteiger partial charge in [-0.05, 0) is 80.0 Å². The summed E-state index contributed by atoms with van der Waals surface area (Å²) in [5.41, 5.74) is 3.01. The van der Waals surface area contributed by atoms with Gasteiger partial charge in [-0.25, -0.2) is 4.58 Å². The molecule has 0 aromatic rings. The largest absolute Gasteiger partial charge is 0.239 e. The van der Waals surface area contributed by atoms with Gasteiger partial charge in [0, 0.05) is 12.8 Å². The molecule has 27 heavy (non-hydrogen) atoms. The highest BCUT2D eigenvalue weighted by Crippen LogP contribution is 2.66. The predicted molar refractivity (Wildman–Crippen MR) is 116 cm³/mol. The summed E-state index contributed by atoms with van der Waals surface area (Å²) in [4.78, 5) is 0. The third-order valence-electron chi connectivity index (χ3n) is 10.3. The normalized spacial score (nSPS) is 45.0. The first-order chi connectivity index (χ1) is 12.8. The minimum Gasteiger partial charge on any atom is -0.239 e. The van der Waals surface area contributed by atoms with E-state index < -0.39 is 0 Å². The summed E-state index contributed by atoms with van der Waals surface area (Å²) in [7, 11) is 2.36. The second kappa shape index (κ2) is 7.17. The fourth-order valence-electron chi connectivity index (χ4n) is 8.80. The van der Waals surface area contributed by atoms with E-state index in [2.05, 4.69) is 46.2 Å². The number of rotatable bonds is 5. The van der Waals surface area contributed by atoms with E-state index in [1.165, 1.54) is 70.8 Å². The van der Waals surface area contributed by atoms with Gasteiger partial charge < -0.3 is 0 Å². The van der Waals surface area contributed by atoms with Gasteiger partial charge in [0.1, 0.15) is 13.6 Å². The van der Waals surface area contributed by atoms with Crippen LogP contribution in [0, 0.1) is 46.3 Å². The molecular weight excluding hydrogens is 326 g/mol.